The van der Waals surface area contributed by atoms with E-state index >= 15 is 0 Å². The van der Waals surface area contributed by atoms with Gasteiger partial charge in [-0.1, -0.05) is 30.3 Å². The van der Waals surface area contributed by atoms with Crippen molar-refractivity contribution in [2.24, 2.45) is 0 Å². The van der Waals surface area contributed by atoms with Crippen molar-refractivity contribution in [1.29, 1.82) is 0 Å². The van der Waals surface area contributed by atoms with Crippen LogP contribution in [-0.2, 0) is 0 Å². The Hall–Kier alpha value is -3.02. The predicted molar refractivity (Wildman–Crippen MR) is 103 cm³/mol. The molecule has 2 aromatic carbocycles. The molecule has 0 saturated carbocycles. The molecule has 0 aliphatic carbocycles. The zero-order chi connectivity index (χ0) is 18.8. The molecule has 138 valence electrons. The Labute approximate surface area is 153 Å². The molecular weight excluding hydrogens is 330 g/mol. The first-order valence-electron chi connectivity index (χ1n) is 8.69. The van der Waals surface area contributed by atoms with Gasteiger partial charge in [0, 0.05) is 12.6 Å². The van der Waals surface area contributed by atoms with E-state index < -0.39 is 0 Å². The van der Waals surface area contributed by atoms with Gasteiger partial charge in [0.05, 0.1) is 17.9 Å². The molecule has 0 aliphatic heterocycles. The fraction of sp³-hybridized carbons (Fsp3) is 0.300. The standard InChI is InChI=1S/C20H25N3O3/c1-15(2)22-20(25)23-18-12-7-6-11-17(18)19(24)21-13-8-14-26-16-9-4-3-5-10-16/h3-7,9-12,15H,8,13-14H2,1-2H3,(H,21,24)(H2,22,23,25). The number of amides is 3. The number of hydrogen-bond acceptors (Lipinski definition) is 3. The lowest BCUT2D eigenvalue weighted by Gasteiger charge is -2.13. The maximum absolute atomic E-state index is 12.4. The lowest BCUT2D eigenvalue weighted by molar-refractivity contribution is 0.0952. The Morgan fingerprint density at radius 2 is 1.69 bits per heavy atom. The largest absolute Gasteiger partial charge is 0.494 e. The first kappa shape index (κ1) is 19.3. The molecular formula is C20H25N3O3. The molecule has 0 saturated heterocycles. The Morgan fingerprint density at radius 1 is 1.00 bits per heavy atom. The molecule has 3 N–H and O–H groups in total. The quantitative estimate of drug-likeness (QED) is 0.635. The second-order valence-corrected chi connectivity index (χ2v) is 6.07. The van der Waals surface area contributed by atoms with E-state index in [0.29, 0.717) is 30.8 Å². The molecule has 0 radical (unpaired) electrons. The van der Waals surface area contributed by atoms with Gasteiger partial charge in [-0.15, -0.1) is 0 Å². The summed E-state index contributed by atoms with van der Waals surface area (Å²) in [5.74, 6) is 0.578. The monoisotopic (exact) mass is 355 g/mol. The van der Waals surface area contributed by atoms with Crippen LogP contribution in [0.1, 0.15) is 30.6 Å². The normalized spacial score (nSPS) is 10.3. The van der Waals surface area contributed by atoms with Gasteiger partial charge < -0.3 is 20.7 Å². The average molecular weight is 355 g/mol. The summed E-state index contributed by atoms with van der Waals surface area (Å²) in [6, 6.07) is 16.1. The molecule has 6 nitrogen and oxygen atoms in total. The minimum absolute atomic E-state index is 0.0144. The fourth-order valence-corrected chi connectivity index (χ4v) is 2.29. The van der Waals surface area contributed by atoms with Crippen LogP contribution in [-0.4, -0.2) is 31.1 Å². The van der Waals surface area contributed by atoms with E-state index in [1.165, 1.54) is 0 Å². The molecule has 6 heteroatoms. The third-order valence-electron chi connectivity index (χ3n) is 3.46. The van der Waals surface area contributed by atoms with Crippen LogP contribution in [0.2, 0.25) is 0 Å². The van der Waals surface area contributed by atoms with Crippen molar-refractivity contribution < 1.29 is 14.3 Å². The molecule has 0 spiro atoms. The Balaban J connectivity index is 1.80. The van der Waals surface area contributed by atoms with Gasteiger partial charge in [-0.05, 0) is 44.5 Å². The van der Waals surface area contributed by atoms with Gasteiger partial charge in [-0.3, -0.25) is 4.79 Å². The highest BCUT2D eigenvalue weighted by molar-refractivity contribution is 6.03. The number of benzene rings is 2. The number of hydrogen-bond donors (Lipinski definition) is 3. The highest BCUT2D eigenvalue weighted by atomic mass is 16.5. The minimum atomic E-state index is -0.337. The molecule has 0 heterocycles. The fourth-order valence-electron chi connectivity index (χ4n) is 2.29. The van der Waals surface area contributed by atoms with Crippen LogP contribution in [0.15, 0.2) is 54.6 Å². The van der Waals surface area contributed by atoms with Crippen LogP contribution in [0.5, 0.6) is 5.75 Å². The van der Waals surface area contributed by atoms with Crippen molar-refractivity contribution in [1.82, 2.24) is 10.6 Å². The summed E-state index contributed by atoms with van der Waals surface area (Å²) in [6.07, 6.45) is 0.685. The van der Waals surface area contributed by atoms with E-state index in [0.717, 1.165) is 5.75 Å². The van der Waals surface area contributed by atoms with Crippen molar-refractivity contribution in [3.05, 3.63) is 60.2 Å². The molecule has 3 amide bonds. The van der Waals surface area contributed by atoms with Crippen LogP contribution >= 0.6 is 0 Å². The average Bonchev–Trinajstić information content (AvgIpc) is 2.62. The van der Waals surface area contributed by atoms with E-state index in [1.54, 1.807) is 24.3 Å². The zero-order valence-corrected chi connectivity index (χ0v) is 15.1. The SMILES string of the molecule is CC(C)NC(=O)Nc1ccccc1C(=O)NCCCOc1ccccc1. The summed E-state index contributed by atoms with van der Waals surface area (Å²) in [5.41, 5.74) is 0.902. The molecule has 0 aromatic heterocycles. The molecule has 0 bridgehead atoms. The van der Waals surface area contributed by atoms with Crippen LogP contribution in [0.25, 0.3) is 0 Å². The van der Waals surface area contributed by atoms with Gasteiger partial charge in [0.2, 0.25) is 0 Å². The molecule has 26 heavy (non-hydrogen) atoms. The number of ether oxygens (including phenoxy) is 1. The zero-order valence-electron chi connectivity index (χ0n) is 15.1. The number of urea groups is 1. The van der Waals surface area contributed by atoms with Gasteiger partial charge in [-0.2, -0.15) is 0 Å². The molecule has 2 rings (SSSR count). The van der Waals surface area contributed by atoms with Gasteiger partial charge in [0.15, 0.2) is 0 Å². The van der Waals surface area contributed by atoms with Crippen molar-refractivity contribution in [3.63, 3.8) is 0 Å². The number of carbonyl (C=O) groups excluding carboxylic acids is 2. The summed E-state index contributed by atoms with van der Waals surface area (Å²) in [7, 11) is 0. The van der Waals surface area contributed by atoms with Crippen molar-refractivity contribution >= 4 is 17.6 Å². The van der Waals surface area contributed by atoms with E-state index in [2.05, 4.69) is 16.0 Å². The van der Waals surface area contributed by atoms with Crippen molar-refractivity contribution in [2.45, 2.75) is 26.3 Å². The van der Waals surface area contributed by atoms with Crippen molar-refractivity contribution in [3.8, 4) is 5.75 Å². The Morgan fingerprint density at radius 3 is 2.42 bits per heavy atom. The highest BCUT2D eigenvalue weighted by Crippen LogP contribution is 2.15. The first-order valence-corrected chi connectivity index (χ1v) is 8.69. The van der Waals surface area contributed by atoms with E-state index in [9.17, 15) is 9.59 Å². The van der Waals surface area contributed by atoms with Crippen LogP contribution in [0.4, 0.5) is 10.5 Å². The number of para-hydroxylation sites is 2. The number of nitrogens with one attached hydrogen (secondary N) is 3. The smallest absolute Gasteiger partial charge is 0.319 e. The molecule has 0 aliphatic rings. The third-order valence-corrected chi connectivity index (χ3v) is 3.46. The number of anilines is 1. The van der Waals surface area contributed by atoms with E-state index in [1.807, 2.05) is 44.2 Å². The van der Waals surface area contributed by atoms with Crippen molar-refractivity contribution in [2.75, 3.05) is 18.5 Å². The molecule has 0 fully saturated rings. The van der Waals surface area contributed by atoms with Crippen LogP contribution in [0.3, 0.4) is 0 Å². The second-order valence-electron chi connectivity index (χ2n) is 6.07. The highest BCUT2D eigenvalue weighted by Gasteiger charge is 2.12. The number of rotatable bonds is 8. The topological polar surface area (TPSA) is 79.5 Å². The maximum Gasteiger partial charge on any atom is 0.319 e. The Bertz CT molecular complexity index is 717. The van der Waals surface area contributed by atoms with Gasteiger partial charge >= 0.3 is 6.03 Å². The number of carbonyl (C=O) groups is 2. The maximum atomic E-state index is 12.4. The van der Waals surface area contributed by atoms with Crippen LogP contribution in [0, 0.1) is 0 Å². The molecule has 0 atom stereocenters. The van der Waals surface area contributed by atoms with Gasteiger partial charge in [0.1, 0.15) is 5.75 Å². The lowest BCUT2D eigenvalue weighted by Crippen LogP contribution is -2.35. The van der Waals surface area contributed by atoms with Gasteiger partial charge in [-0.25, -0.2) is 4.79 Å². The minimum Gasteiger partial charge on any atom is -0.494 e. The summed E-state index contributed by atoms with van der Waals surface area (Å²) in [4.78, 5) is 24.2. The first-order chi connectivity index (χ1) is 12.6. The lowest BCUT2D eigenvalue weighted by atomic mass is 10.1. The second kappa shape index (κ2) is 10.1. The summed E-state index contributed by atoms with van der Waals surface area (Å²) in [5, 5.41) is 8.29. The van der Waals surface area contributed by atoms with E-state index in [4.69, 9.17) is 4.74 Å². The molecule has 2 aromatic rings. The summed E-state index contributed by atoms with van der Waals surface area (Å²) < 4.78 is 5.59. The predicted octanol–water partition coefficient (Wildman–Crippen LogP) is 3.42. The summed E-state index contributed by atoms with van der Waals surface area (Å²) >= 11 is 0. The third kappa shape index (κ3) is 6.47. The summed E-state index contributed by atoms with van der Waals surface area (Å²) in [6.45, 7) is 4.74. The van der Waals surface area contributed by atoms with Gasteiger partial charge in [0.25, 0.3) is 5.91 Å². The van der Waals surface area contributed by atoms with Crippen LogP contribution < -0.4 is 20.7 Å². The Kier molecular flexibility index (Phi) is 7.49. The molecule has 0 unspecified atom stereocenters. The van der Waals surface area contributed by atoms with E-state index in [-0.39, 0.29) is 18.0 Å².